The summed E-state index contributed by atoms with van der Waals surface area (Å²) in [6, 6.07) is 9.16. The first-order valence-corrected chi connectivity index (χ1v) is 10.0. The highest BCUT2D eigenvalue weighted by molar-refractivity contribution is 7.14. The van der Waals surface area contributed by atoms with Crippen LogP contribution in [0.4, 0.5) is 5.13 Å². The number of hydrogen-bond acceptors (Lipinski definition) is 8. The van der Waals surface area contributed by atoms with Gasteiger partial charge in [0.05, 0.1) is 26.3 Å². The molecule has 0 aliphatic heterocycles. The fourth-order valence-electron chi connectivity index (χ4n) is 2.37. The van der Waals surface area contributed by atoms with Gasteiger partial charge in [-0.05, 0) is 29.6 Å². The minimum absolute atomic E-state index is 0.158. The molecule has 0 spiro atoms. The number of esters is 1. The normalized spacial score (nSPS) is 10.4. The second-order valence-corrected chi connectivity index (χ2v) is 7.46. The number of amides is 1. The van der Waals surface area contributed by atoms with Gasteiger partial charge in [-0.1, -0.05) is 6.07 Å². The van der Waals surface area contributed by atoms with Crippen LogP contribution in [0.15, 0.2) is 41.1 Å². The van der Waals surface area contributed by atoms with Crippen molar-refractivity contribution in [3.63, 3.8) is 0 Å². The zero-order chi connectivity index (χ0) is 19.9. The molecule has 0 bridgehead atoms. The van der Waals surface area contributed by atoms with Crippen LogP contribution in [0, 0.1) is 0 Å². The molecule has 3 aromatic rings. The van der Waals surface area contributed by atoms with Gasteiger partial charge in [0.15, 0.2) is 23.2 Å². The molecule has 1 amide bonds. The van der Waals surface area contributed by atoms with E-state index in [2.05, 4.69) is 10.3 Å². The quantitative estimate of drug-likeness (QED) is 0.563. The van der Waals surface area contributed by atoms with Gasteiger partial charge in [-0.3, -0.25) is 14.9 Å². The molecule has 0 saturated carbocycles. The summed E-state index contributed by atoms with van der Waals surface area (Å²) >= 11 is 2.75. The number of ether oxygens (including phenoxy) is 3. The van der Waals surface area contributed by atoms with Crippen molar-refractivity contribution < 1.29 is 23.8 Å². The van der Waals surface area contributed by atoms with Gasteiger partial charge in [0.1, 0.15) is 0 Å². The average Bonchev–Trinajstić information content (AvgIpc) is 3.38. The average molecular weight is 418 g/mol. The Balaban J connectivity index is 1.55. The van der Waals surface area contributed by atoms with Crippen LogP contribution in [-0.4, -0.2) is 37.7 Å². The maximum absolute atomic E-state index is 12.0. The number of hydrogen-bond donors (Lipinski definition) is 1. The number of methoxy groups -OCH3 is 2. The highest BCUT2D eigenvalue weighted by Gasteiger charge is 2.13. The zero-order valence-electron chi connectivity index (χ0n) is 15.3. The largest absolute Gasteiger partial charge is 0.493 e. The van der Waals surface area contributed by atoms with Gasteiger partial charge in [0, 0.05) is 15.8 Å². The van der Waals surface area contributed by atoms with Gasteiger partial charge in [-0.25, -0.2) is 4.98 Å². The molecule has 0 aliphatic carbocycles. The molecule has 0 aliphatic rings. The Kier molecular flexibility index (Phi) is 6.62. The topological polar surface area (TPSA) is 86.8 Å². The number of anilines is 1. The van der Waals surface area contributed by atoms with E-state index < -0.39 is 11.9 Å². The lowest BCUT2D eigenvalue weighted by Crippen LogP contribution is -2.21. The molecule has 2 heterocycles. The summed E-state index contributed by atoms with van der Waals surface area (Å²) in [6.45, 7) is -0.352. The van der Waals surface area contributed by atoms with Crippen molar-refractivity contribution in [2.45, 2.75) is 6.42 Å². The Morgan fingerprint density at radius 3 is 2.64 bits per heavy atom. The number of carbonyl (C=O) groups is 2. The van der Waals surface area contributed by atoms with Gasteiger partial charge in [-0.2, -0.15) is 0 Å². The molecule has 0 atom stereocenters. The Morgan fingerprint density at radius 1 is 1.11 bits per heavy atom. The van der Waals surface area contributed by atoms with E-state index in [0.717, 1.165) is 10.4 Å². The molecule has 146 valence electrons. The molecular weight excluding hydrogens is 400 g/mol. The predicted octanol–water partition coefficient (Wildman–Crippen LogP) is 3.61. The highest BCUT2D eigenvalue weighted by Crippen LogP contribution is 2.33. The Hall–Kier alpha value is -2.91. The lowest BCUT2D eigenvalue weighted by Gasteiger charge is -2.08. The fraction of sp³-hybridized carbons (Fsp3) is 0.211. The van der Waals surface area contributed by atoms with Crippen LogP contribution in [0.1, 0.15) is 4.88 Å². The zero-order valence-corrected chi connectivity index (χ0v) is 16.9. The number of nitrogens with one attached hydrogen (secondary N) is 1. The highest BCUT2D eigenvalue weighted by atomic mass is 32.1. The SMILES string of the molecule is COc1ccc(-c2csc(NC(=O)COC(=O)Cc3cccs3)n2)cc1OC. The third-order valence-electron chi connectivity index (χ3n) is 3.69. The lowest BCUT2D eigenvalue weighted by atomic mass is 10.1. The molecule has 1 aromatic carbocycles. The van der Waals surface area contributed by atoms with Crippen LogP contribution >= 0.6 is 22.7 Å². The van der Waals surface area contributed by atoms with Crippen molar-refractivity contribution in [1.29, 1.82) is 0 Å². The Morgan fingerprint density at radius 2 is 1.93 bits per heavy atom. The van der Waals surface area contributed by atoms with Crippen LogP contribution in [-0.2, 0) is 20.7 Å². The van der Waals surface area contributed by atoms with Crippen LogP contribution in [0.3, 0.4) is 0 Å². The summed E-state index contributed by atoms with van der Waals surface area (Å²) in [4.78, 5) is 29.0. The van der Waals surface area contributed by atoms with E-state index in [0.29, 0.717) is 22.3 Å². The van der Waals surface area contributed by atoms with Crippen molar-refractivity contribution in [1.82, 2.24) is 4.98 Å². The minimum atomic E-state index is -0.442. The third kappa shape index (κ3) is 5.08. The minimum Gasteiger partial charge on any atom is -0.493 e. The molecule has 1 N–H and O–H groups in total. The summed E-state index contributed by atoms with van der Waals surface area (Å²) in [5, 5.41) is 6.76. The summed E-state index contributed by atoms with van der Waals surface area (Å²) in [7, 11) is 3.13. The molecule has 2 aromatic heterocycles. The molecular formula is C19H18N2O5S2. The Bertz CT molecular complexity index is 953. The van der Waals surface area contributed by atoms with Gasteiger partial charge in [0.2, 0.25) is 0 Å². The number of carbonyl (C=O) groups excluding carboxylic acids is 2. The number of nitrogens with zero attached hydrogens (tertiary/aromatic N) is 1. The monoisotopic (exact) mass is 418 g/mol. The number of benzene rings is 1. The maximum atomic E-state index is 12.0. The van der Waals surface area contributed by atoms with E-state index in [4.69, 9.17) is 14.2 Å². The van der Waals surface area contributed by atoms with Crippen LogP contribution in [0.25, 0.3) is 11.3 Å². The first-order valence-electron chi connectivity index (χ1n) is 8.25. The number of aromatic nitrogens is 1. The third-order valence-corrected chi connectivity index (χ3v) is 5.33. The van der Waals surface area contributed by atoms with E-state index in [-0.39, 0.29) is 13.0 Å². The number of rotatable bonds is 8. The first kappa shape index (κ1) is 19.8. The lowest BCUT2D eigenvalue weighted by molar-refractivity contribution is -0.146. The van der Waals surface area contributed by atoms with E-state index in [1.54, 1.807) is 20.3 Å². The van der Waals surface area contributed by atoms with Crippen LogP contribution in [0.2, 0.25) is 0 Å². The number of thiophene rings is 1. The molecule has 28 heavy (non-hydrogen) atoms. The summed E-state index contributed by atoms with van der Waals surface area (Å²) < 4.78 is 15.5. The van der Waals surface area contributed by atoms with Crippen molar-refractivity contribution in [2.75, 3.05) is 26.1 Å². The summed E-state index contributed by atoms with van der Waals surface area (Å²) in [6.07, 6.45) is 0.158. The number of thiazole rings is 1. The van der Waals surface area contributed by atoms with Gasteiger partial charge < -0.3 is 14.2 Å². The van der Waals surface area contributed by atoms with Crippen molar-refractivity contribution in [2.24, 2.45) is 0 Å². The first-order chi connectivity index (χ1) is 13.6. The second-order valence-electron chi connectivity index (χ2n) is 5.57. The van der Waals surface area contributed by atoms with Crippen LogP contribution < -0.4 is 14.8 Å². The van der Waals surface area contributed by atoms with E-state index >= 15 is 0 Å². The standard InChI is InChI=1S/C19H18N2O5S2/c1-24-15-6-5-12(8-16(15)25-2)14-11-28-19(20-14)21-17(22)10-26-18(23)9-13-4-3-7-27-13/h3-8,11H,9-10H2,1-2H3,(H,20,21,22). The fourth-order valence-corrected chi connectivity index (χ4v) is 3.79. The summed E-state index contributed by atoms with van der Waals surface area (Å²) in [5.74, 6) is 0.339. The molecule has 9 heteroatoms. The van der Waals surface area contributed by atoms with Gasteiger partial charge in [-0.15, -0.1) is 22.7 Å². The van der Waals surface area contributed by atoms with Crippen molar-refractivity contribution >= 4 is 39.7 Å². The molecule has 0 radical (unpaired) electrons. The van der Waals surface area contributed by atoms with Crippen molar-refractivity contribution in [3.05, 3.63) is 46.0 Å². The summed E-state index contributed by atoms with van der Waals surface area (Å²) in [5.41, 5.74) is 1.52. The van der Waals surface area contributed by atoms with Gasteiger partial charge in [0.25, 0.3) is 5.91 Å². The van der Waals surface area contributed by atoms with E-state index in [1.165, 1.54) is 22.7 Å². The van der Waals surface area contributed by atoms with Gasteiger partial charge >= 0.3 is 5.97 Å². The van der Waals surface area contributed by atoms with E-state index in [1.807, 2.05) is 35.0 Å². The Labute approximate surface area is 169 Å². The van der Waals surface area contributed by atoms with E-state index in [9.17, 15) is 9.59 Å². The molecule has 0 unspecified atom stereocenters. The van der Waals surface area contributed by atoms with Crippen LogP contribution in [0.5, 0.6) is 11.5 Å². The molecule has 7 nitrogen and oxygen atoms in total. The second kappa shape index (κ2) is 9.34. The molecule has 0 saturated heterocycles. The van der Waals surface area contributed by atoms with Crippen molar-refractivity contribution in [3.8, 4) is 22.8 Å². The smallest absolute Gasteiger partial charge is 0.311 e. The maximum Gasteiger partial charge on any atom is 0.311 e. The molecule has 0 fully saturated rings. The predicted molar refractivity (Wildman–Crippen MR) is 108 cm³/mol. The molecule has 3 rings (SSSR count).